The zero-order valence-electron chi connectivity index (χ0n) is 17.0. The number of rotatable bonds is 7. The van der Waals surface area contributed by atoms with Crippen molar-refractivity contribution in [2.24, 2.45) is 4.99 Å². The van der Waals surface area contributed by atoms with Crippen molar-refractivity contribution >= 4 is 11.9 Å². The van der Waals surface area contributed by atoms with Crippen LogP contribution in [-0.4, -0.2) is 62.8 Å². The number of quaternary nitrogens is 1. The molecular weight excluding hydrogens is 338 g/mol. The van der Waals surface area contributed by atoms with E-state index in [2.05, 4.69) is 24.8 Å². The SMILES string of the molecule is CCN(CC)c1ccc(C=NCC2([NH+]3CCOCC3)CCCCC2)c(O)c1. The molecule has 2 fully saturated rings. The monoisotopic (exact) mass is 374 g/mol. The summed E-state index contributed by atoms with van der Waals surface area (Å²) in [7, 11) is 0. The Morgan fingerprint density at radius 2 is 1.85 bits per heavy atom. The van der Waals surface area contributed by atoms with Gasteiger partial charge in [0.1, 0.15) is 24.4 Å². The van der Waals surface area contributed by atoms with Crippen molar-refractivity contribution in [2.75, 3.05) is 50.8 Å². The van der Waals surface area contributed by atoms with E-state index >= 15 is 0 Å². The van der Waals surface area contributed by atoms with Crippen molar-refractivity contribution in [3.63, 3.8) is 0 Å². The van der Waals surface area contributed by atoms with Crippen molar-refractivity contribution in [2.45, 2.75) is 51.5 Å². The van der Waals surface area contributed by atoms with Crippen LogP contribution in [0.2, 0.25) is 0 Å². The number of ether oxygens (including phenoxy) is 1. The smallest absolute Gasteiger partial charge is 0.126 e. The molecule has 2 N–H and O–H groups in total. The lowest BCUT2D eigenvalue weighted by Crippen LogP contribution is -3.22. The second-order valence-corrected chi connectivity index (χ2v) is 7.94. The Bertz CT molecular complexity index is 616. The van der Waals surface area contributed by atoms with Crippen molar-refractivity contribution in [3.8, 4) is 5.75 Å². The maximum Gasteiger partial charge on any atom is 0.126 e. The van der Waals surface area contributed by atoms with Gasteiger partial charge in [-0.1, -0.05) is 6.42 Å². The number of phenolic OH excluding ortho intramolecular Hbond substituents is 1. The number of aromatic hydroxyl groups is 1. The van der Waals surface area contributed by atoms with E-state index in [1.165, 1.54) is 32.1 Å². The molecule has 5 heteroatoms. The topological polar surface area (TPSA) is 49.5 Å². The van der Waals surface area contributed by atoms with Gasteiger partial charge in [-0.15, -0.1) is 0 Å². The zero-order chi connectivity index (χ0) is 19.1. The Morgan fingerprint density at radius 1 is 1.15 bits per heavy atom. The highest BCUT2D eigenvalue weighted by Crippen LogP contribution is 2.27. The van der Waals surface area contributed by atoms with Gasteiger partial charge < -0.3 is 19.6 Å². The minimum Gasteiger partial charge on any atom is -0.507 e. The fourth-order valence-electron chi connectivity index (χ4n) is 4.75. The third-order valence-corrected chi connectivity index (χ3v) is 6.42. The van der Waals surface area contributed by atoms with E-state index in [-0.39, 0.29) is 5.54 Å². The van der Waals surface area contributed by atoms with E-state index in [1.807, 2.05) is 18.3 Å². The van der Waals surface area contributed by atoms with Crippen molar-refractivity contribution < 1.29 is 14.7 Å². The maximum absolute atomic E-state index is 10.4. The van der Waals surface area contributed by atoms with Crippen molar-refractivity contribution in [1.82, 2.24) is 0 Å². The lowest BCUT2D eigenvalue weighted by atomic mass is 9.80. The van der Waals surface area contributed by atoms with Crippen LogP contribution in [-0.2, 0) is 4.74 Å². The molecule has 1 saturated heterocycles. The standard InChI is InChI=1S/C22H35N3O2/c1-3-24(4-2)20-9-8-19(21(26)16-20)17-23-18-22(10-6-5-7-11-22)25-12-14-27-15-13-25/h8-9,16-17,26H,3-7,10-15,18H2,1-2H3/p+1. The number of nitrogens with one attached hydrogen (secondary N) is 1. The van der Waals surface area contributed by atoms with Crippen LogP contribution in [0.3, 0.4) is 0 Å². The molecule has 2 aliphatic rings. The fraction of sp³-hybridized carbons (Fsp3) is 0.682. The number of nitrogens with zero attached hydrogens (tertiary/aromatic N) is 2. The third kappa shape index (κ3) is 4.82. The summed E-state index contributed by atoms with van der Waals surface area (Å²) in [6.07, 6.45) is 8.35. The Labute approximate surface area is 164 Å². The van der Waals surface area contributed by atoms with Crippen LogP contribution in [0.25, 0.3) is 0 Å². The Morgan fingerprint density at radius 3 is 2.48 bits per heavy atom. The summed E-state index contributed by atoms with van der Waals surface area (Å²) in [5.74, 6) is 0.319. The van der Waals surface area contributed by atoms with Crippen LogP contribution in [0.4, 0.5) is 5.69 Å². The molecule has 1 saturated carbocycles. The molecule has 0 radical (unpaired) electrons. The van der Waals surface area contributed by atoms with Crippen molar-refractivity contribution in [3.05, 3.63) is 23.8 Å². The Kier molecular flexibility index (Phi) is 7.13. The molecule has 0 spiro atoms. The van der Waals surface area contributed by atoms with E-state index in [4.69, 9.17) is 9.73 Å². The van der Waals surface area contributed by atoms with Gasteiger partial charge in [-0.25, -0.2) is 0 Å². The molecule has 1 aromatic carbocycles. The highest BCUT2D eigenvalue weighted by Gasteiger charge is 2.42. The van der Waals surface area contributed by atoms with Gasteiger partial charge in [0.2, 0.25) is 0 Å². The Hall–Kier alpha value is -1.59. The van der Waals surface area contributed by atoms with Crippen molar-refractivity contribution in [1.29, 1.82) is 0 Å². The molecule has 27 heavy (non-hydrogen) atoms. The number of anilines is 1. The normalized spacial score (nSPS) is 20.8. The quantitative estimate of drug-likeness (QED) is 0.720. The molecule has 0 unspecified atom stereocenters. The van der Waals surface area contributed by atoms with Gasteiger partial charge in [0, 0.05) is 49.5 Å². The van der Waals surface area contributed by atoms with E-state index in [9.17, 15) is 5.11 Å². The van der Waals surface area contributed by atoms with Gasteiger partial charge in [-0.3, -0.25) is 4.99 Å². The maximum atomic E-state index is 10.4. The number of hydrogen-bond donors (Lipinski definition) is 2. The van der Waals surface area contributed by atoms with Gasteiger partial charge >= 0.3 is 0 Å². The molecule has 1 aliphatic heterocycles. The molecule has 1 aromatic rings. The van der Waals surface area contributed by atoms with Crippen LogP contribution in [0, 0.1) is 0 Å². The van der Waals surface area contributed by atoms with Gasteiger partial charge in [0.25, 0.3) is 0 Å². The second kappa shape index (κ2) is 9.56. The minimum absolute atomic E-state index is 0.259. The summed E-state index contributed by atoms with van der Waals surface area (Å²) >= 11 is 0. The predicted octanol–water partition coefficient (Wildman–Crippen LogP) is 2.28. The summed E-state index contributed by atoms with van der Waals surface area (Å²) in [5, 5.41) is 10.4. The fourth-order valence-corrected chi connectivity index (χ4v) is 4.75. The molecule has 1 heterocycles. The number of morpholine rings is 1. The van der Waals surface area contributed by atoms with Gasteiger partial charge in [0.05, 0.1) is 19.8 Å². The zero-order valence-corrected chi connectivity index (χ0v) is 17.0. The third-order valence-electron chi connectivity index (χ3n) is 6.42. The largest absolute Gasteiger partial charge is 0.507 e. The van der Waals surface area contributed by atoms with E-state index in [1.54, 1.807) is 4.90 Å². The van der Waals surface area contributed by atoms with E-state index in [0.717, 1.165) is 57.2 Å². The first kappa shape index (κ1) is 20.2. The van der Waals surface area contributed by atoms with Crippen LogP contribution >= 0.6 is 0 Å². The van der Waals surface area contributed by atoms with Gasteiger partial charge in [-0.2, -0.15) is 0 Å². The lowest BCUT2D eigenvalue weighted by Gasteiger charge is -2.44. The highest BCUT2D eigenvalue weighted by molar-refractivity contribution is 5.84. The van der Waals surface area contributed by atoms with E-state index in [0.29, 0.717) is 5.75 Å². The molecule has 5 nitrogen and oxygen atoms in total. The molecule has 0 atom stereocenters. The van der Waals surface area contributed by atoms with E-state index < -0.39 is 0 Å². The average Bonchev–Trinajstić information content (AvgIpc) is 2.72. The van der Waals surface area contributed by atoms with Crippen LogP contribution in [0.1, 0.15) is 51.5 Å². The Balaban J connectivity index is 1.70. The molecule has 150 valence electrons. The first-order valence-electron chi connectivity index (χ1n) is 10.7. The number of hydrogen-bond acceptors (Lipinski definition) is 4. The first-order chi connectivity index (χ1) is 13.2. The minimum atomic E-state index is 0.259. The summed E-state index contributed by atoms with van der Waals surface area (Å²) in [6, 6.07) is 5.93. The number of aliphatic imine (C=N–C) groups is 1. The molecule has 0 amide bonds. The predicted molar refractivity (Wildman–Crippen MR) is 111 cm³/mol. The van der Waals surface area contributed by atoms with Gasteiger partial charge in [-0.05, 0) is 38.8 Å². The molecule has 0 aromatic heterocycles. The summed E-state index contributed by atoms with van der Waals surface area (Å²) in [4.78, 5) is 8.74. The highest BCUT2D eigenvalue weighted by atomic mass is 16.5. The number of phenols is 1. The summed E-state index contributed by atoms with van der Waals surface area (Å²) in [5.41, 5.74) is 2.14. The van der Waals surface area contributed by atoms with Crippen LogP contribution in [0.5, 0.6) is 5.75 Å². The molecule has 3 rings (SSSR count). The summed E-state index contributed by atoms with van der Waals surface area (Å²) < 4.78 is 5.58. The molecular formula is C22H36N3O2+. The lowest BCUT2D eigenvalue weighted by molar-refractivity contribution is -0.959. The molecule has 1 aliphatic carbocycles. The van der Waals surface area contributed by atoms with Crippen LogP contribution in [0.15, 0.2) is 23.2 Å². The van der Waals surface area contributed by atoms with Crippen LogP contribution < -0.4 is 9.80 Å². The number of benzene rings is 1. The summed E-state index contributed by atoms with van der Waals surface area (Å²) in [6.45, 7) is 10.9. The molecule has 0 bridgehead atoms. The second-order valence-electron chi connectivity index (χ2n) is 7.94. The average molecular weight is 375 g/mol. The van der Waals surface area contributed by atoms with Gasteiger partial charge in [0.15, 0.2) is 0 Å². The first-order valence-corrected chi connectivity index (χ1v) is 10.7.